The van der Waals surface area contributed by atoms with Gasteiger partial charge in [0.2, 0.25) is 0 Å². The minimum atomic E-state index is -0.554. The number of hydrogen-bond donors (Lipinski definition) is 0. The topological polar surface area (TPSA) is 94.8 Å². The van der Waals surface area contributed by atoms with Crippen molar-refractivity contribution in [3.63, 3.8) is 0 Å². The number of morpholine rings is 1. The quantitative estimate of drug-likeness (QED) is 0.471. The standard InChI is InChI=1S/C12H14ClN3O5/c1-20-11(17)5-9-7-15(2-3-21-9)12-10(13)4-8(6-14-12)16(18)19/h4,6,9H,2-3,5,7H2,1H3. The van der Waals surface area contributed by atoms with Gasteiger partial charge in [0.05, 0.1) is 36.2 Å². The molecule has 0 bridgehead atoms. The number of nitro groups is 1. The molecule has 0 radical (unpaired) electrons. The number of aromatic nitrogens is 1. The number of anilines is 1. The van der Waals surface area contributed by atoms with E-state index >= 15 is 0 Å². The number of pyridine rings is 1. The molecule has 0 saturated carbocycles. The van der Waals surface area contributed by atoms with Gasteiger partial charge in [-0.25, -0.2) is 4.98 Å². The van der Waals surface area contributed by atoms with E-state index in [9.17, 15) is 14.9 Å². The molecule has 21 heavy (non-hydrogen) atoms. The van der Waals surface area contributed by atoms with Crippen molar-refractivity contribution in [1.29, 1.82) is 0 Å². The third kappa shape index (κ3) is 3.79. The normalized spacial score (nSPS) is 18.4. The summed E-state index contributed by atoms with van der Waals surface area (Å²) in [5.41, 5.74) is -0.164. The van der Waals surface area contributed by atoms with E-state index < -0.39 is 4.92 Å². The molecule has 2 heterocycles. The van der Waals surface area contributed by atoms with Crippen molar-refractivity contribution >= 4 is 29.1 Å². The summed E-state index contributed by atoms with van der Waals surface area (Å²) >= 11 is 6.05. The number of esters is 1. The molecule has 1 fully saturated rings. The summed E-state index contributed by atoms with van der Waals surface area (Å²) in [5, 5.41) is 10.9. The molecule has 1 aromatic heterocycles. The fraction of sp³-hybridized carbons (Fsp3) is 0.500. The zero-order chi connectivity index (χ0) is 15.4. The van der Waals surface area contributed by atoms with Gasteiger partial charge >= 0.3 is 5.97 Å². The van der Waals surface area contributed by atoms with Gasteiger partial charge in [0.15, 0.2) is 0 Å². The number of carbonyl (C=O) groups is 1. The van der Waals surface area contributed by atoms with E-state index in [1.54, 1.807) is 0 Å². The van der Waals surface area contributed by atoms with Gasteiger partial charge in [-0.05, 0) is 0 Å². The van der Waals surface area contributed by atoms with Crippen molar-refractivity contribution in [3.05, 3.63) is 27.4 Å². The highest BCUT2D eigenvalue weighted by molar-refractivity contribution is 6.33. The third-order valence-corrected chi connectivity index (χ3v) is 3.36. The van der Waals surface area contributed by atoms with Crippen LogP contribution in [0.2, 0.25) is 5.02 Å². The molecule has 1 saturated heterocycles. The third-order valence-electron chi connectivity index (χ3n) is 3.08. The van der Waals surface area contributed by atoms with Crippen molar-refractivity contribution in [2.45, 2.75) is 12.5 Å². The molecular formula is C12H14ClN3O5. The van der Waals surface area contributed by atoms with Crippen LogP contribution in [0.3, 0.4) is 0 Å². The van der Waals surface area contributed by atoms with Crippen LogP contribution in [-0.2, 0) is 14.3 Å². The van der Waals surface area contributed by atoms with Crippen LogP contribution in [0.4, 0.5) is 11.5 Å². The number of nitrogens with zero attached hydrogens (tertiary/aromatic N) is 3. The van der Waals surface area contributed by atoms with Crippen molar-refractivity contribution < 1.29 is 19.2 Å². The maximum Gasteiger partial charge on any atom is 0.308 e. The fourth-order valence-electron chi connectivity index (χ4n) is 2.06. The predicted octanol–water partition coefficient (Wildman–Crippen LogP) is 1.41. The molecule has 114 valence electrons. The van der Waals surface area contributed by atoms with E-state index in [2.05, 4.69) is 9.72 Å². The van der Waals surface area contributed by atoms with Gasteiger partial charge in [-0.1, -0.05) is 11.6 Å². The van der Waals surface area contributed by atoms with Gasteiger partial charge in [0.25, 0.3) is 5.69 Å². The van der Waals surface area contributed by atoms with Crippen LogP contribution in [-0.4, -0.2) is 48.8 Å². The van der Waals surface area contributed by atoms with Crippen LogP contribution in [0.25, 0.3) is 0 Å². The predicted molar refractivity (Wildman–Crippen MR) is 74.5 cm³/mol. The van der Waals surface area contributed by atoms with Gasteiger partial charge in [-0.2, -0.15) is 0 Å². The van der Waals surface area contributed by atoms with E-state index in [0.717, 1.165) is 6.20 Å². The van der Waals surface area contributed by atoms with E-state index in [4.69, 9.17) is 16.3 Å². The highest BCUT2D eigenvalue weighted by Gasteiger charge is 2.26. The Morgan fingerprint density at radius 2 is 2.48 bits per heavy atom. The molecular weight excluding hydrogens is 302 g/mol. The average molecular weight is 316 g/mol. The second-order valence-corrected chi connectivity index (χ2v) is 4.88. The molecule has 9 heteroatoms. The number of ether oxygens (including phenoxy) is 2. The maximum absolute atomic E-state index is 11.3. The number of halogens is 1. The van der Waals surface area contributed by atoms with Gasteiger partial charge in [-0.15, -0.1) is 0 Å². The summed E-state index contributed by atoms with van der Waals surface area (Å²) < 4.78 is 10.1. The van der Waals surface area contributed by atoms with Gasteiger partial charge in [0, 0.05) is 19.2 Å². The van der Waals surface area contributed by atoms with Crippen LogP contribution in [0.5, 0.6) is 0 Å². The van der Waals surface area contributed by atoms with Crippen molar-refractivity contribution in [2.75, 3.05) is 31.7 Å². The average Bonchev–Trinajstić information content (AvgIpc) is 2.47. The molecule has 1 aliphatic rings. The zero-order valence-corrected chi connectivity index (χ0v) is 12.1. The Kier molecular flexibility index (Phi) is 4.92. The lowest BCUT2D eigenvalue weighted by Gasteiger charge is -2.33. The number of carbonyl (C=O) groups excluding carboxylic acids is 1. The first-order valence-corrected chi connectivity index (χ1v) is 6.62. The first-order valence-electron chi connectivity index (χ1n) is 6.24. The molecule has 0 aromatic carbocycles. The molecule has 1 unspecified atom stereocenters. The number of hydrogen-bond acceptors (Lipinski definition) is 7. The summed E-state index contributed by atoms with van der Waals surface area (Å²) in [6.07, 6.45) is 0.975. The molecule has 1 aromatic rings. The van der Waals surface area contributed by atoms with Crippen molar-refractivity contribution in [2.24, 2.45) is 0 Å². The van der Waals surface area contributed by atoms with Crippen LogP contribution >= 0.6 is 11.6 Å². The van der Waals surface area contributed by atoms with Gasteiger partial charge < -0.3 is 14.4 Å². The lowest BCUT2D eigenvalue weighted by Crippen LogP contribution is -2.44. The van der Waals surface area contributed by atoms with E-state index in [-0.39, 0.29) is 29.2 Å². The second-order valence-electron chi connectivity index (χ2n) is 4.48. The Balaban J connectivity index is 2.10. The van der Waals surface area contributed by atoms with Crippen LogP contribution in [0, 0.1) is 10.1 Å². The number of rotatable bonds is 4. The lowest BCUT2D eigenvalue weighted by molar-refractivity contribution is -0.385. The van der Waals surface area contributed by atoms with Gasteiger partial charge in [-0.3, -0.25) is 14.9 Å². The van der Waals surface area contributed by atoms with Crippen molar-refractivity contribution in [1.82, 2.24) is 4.98 Å². The van der Waals surface area contributed by atoms with Gasteiger partial charge in [0.1, 0.15) is 12.0 Å². The van der Waals surface area contributed by atoms with Crippen molar-refractivity contribution in [3.8, 4) is 0 Å². The second kappa shape index (κ2) is 6.68. The SMILES string of the molecule is COC(=O)CC1CN(c2ncc([N+](=O)[O-])cc2Cl)CCO1. The Hall–Kier alpha value is -1.93. The van der Waals surface area contributed by atoms with Crippen LogP contribution in [0.1, 0.15) is 6.42 Å². The van der Waals surface area contributed by atoms with Crippen LogP contribution in [0.15, 0.2) is 12.3 Å². The molecule has 0 spiro atoms. The monoisotopic (exact) mass is 315 g/mol. The molecule has 8 nitrogen and oxygen atoms in total. The minimum absolute atomic E-state index is 0.137. The highest BCUT2D eigenvalue weighted by atomic mass is 35.5. The molecule has 0 amide bonds. The molecule has 0 N–H and O–H groups in total. The summed E-state index contributed by atoms with van der Waals surface area (Å²) in [7, 11) is 1.32. The first-order chi connectivity index (χ1) is 10.0. The summed E-state index contributed by atoms with van der Waals surface area (Å²) in [4.78, 5) is 27.3. The molecule has 0 aliphatic carbocycles. The van der Waals surface area contributed by atoms with Crippen LogP contribution < -0.4 is 4.90 Å². The van der Waals surface area contributed by atoms with E-state index in [1.807, 2.05) is 4.90 Å². The largest absolute Gasteiger partial charge is 0.469 e. The summed E-state index contributed by atoms with van der Waals surface area (Å²) in [5.74, 6) is 0.0880. The maximum atomic E-state index is 11.3. The Labute approximate surface area is 125 Å². The minimum Gasteiger partial charge on any atom is -0.469 e. The number of methoxy groups -OCH3 is 1. The zero-order valence-electron chi connectivity index (χ0n) is 11.3. The smallest absolute Gasteiger partial charge is 0.308 e. The Morgan fingerprint density at radius 1 is 1.71 bits per heavy atom. The molecule has 1 aliphatic heterocycles. The highest BCUT2D eigenvalue weighted by Crippen LogP contribution is 2.28. The molecule has 2 rings (SSSR count). The Morgan fingerprint density at radius 3 is 3.10 bits per heavy atom. The van der Waals surface area contributed by atoms with E-state index in [0.29, 0.717) is 25.5 Å². The lowest BCUT2D eigenvalue weighted by atomic mass is 10.2. The summed E-state index contributed by atoms with van der Waals surface area (Å²) in [6.45, 7) is 1.37. The molecule has 1 atom stereocenters. The fourth-order valence-corrected chi connectivity index (χ4v) is 2.34. The van der Waals surface area contributed by atoms with E-state index in [1.165, 1.54) is 13.2 Å². The first kappa shape index (κ1) is 15.5. The summed E-state index contributed by atoms with van der Waals surface area (Å²) in [6, 6.07) is 1.26. The Bertz CT molecular complexity index is 554.